The Kier molecular flexibility index (Phi) is 4.94. The van der Waals surface area contributed by atoms with Crippen molar-refractivity contribution in [1.29, 1.82) is 0 Å². The van der Waals surface area contributed by atoms with E-state index in [0.717, 1.165) is 18.5 Å². The number of hydrogen-bond donors (Lipinski definition) is 0. The number of allylic oxidation sites excluding steroid dienone is 4. The Bertz CT molecular complexity index is 358. The van der Waals surface area contributed by atoms with Gasteiger partial charge in [-0.2, -0.15) is 0 Å². The van der Waals surface area contributed by atoms with Gasteiger partial charge in [0, 0.05) is 12.6 Å². The molecule has 0 fully saturated rings. The Morgan fingerprint density at radius 2 is 2.24 bits per heavy atom. The van der Waals surface area contributed by atoms with E-state index in [9.17, 15) is 9.59 Å². The lowest BCUT2D eigenvalue weighted by Gasteiger charge is -2.29. The van der Waals surface area contributed by atoms with Crippen LogP contribution in [0.15, 0.2) is 23.9 Å². The molecule has 0 aromatic carbocycles. The van der Waals surface area contributed by atoms with Gasteiger partial charge in [-0.3, -0.25) is 4.79 Å². The van der Waals surface area contributed by atoms with Gasteiger partial charge in [0.05, 0.1) is 6.61 Å². The van der Waals surface area contributed by atoms with Crippen LogP contribution in [0.3, 0.4) is 0 Å². The SMILES string of the molecule is CCOC(=O)[C@H](C)N(C(C)=O)C1=CC=CCC1. The molecule has 0 saturated heterocycles. The molecule has 0 unspecified atom stereocenters. The number of esters is 1. The Balaban J connectivity index is 2.85. The molecule has 4 nitrogen and oxygen atoms in total. The normalized spacial score (nSPS) is 16.1. The van der Waals surface area contributed by atoms with Crippen LogP contribution in [0.4, 0.5) is 0 Å². The maximum absolute atomic E-state index is 11.7. The molecular weight excluding hydrogens is 218 g/mol. The highest BCUT2D eigenvalue weighted by Crippen LogP contribution is 2.20. The van der Waals surface area contributed by atoms with Gasteiger partial charge in [0.2, 0.25) is 5.91 Å². The molecule has 0 aromatic heterocycles. The molecule has 4 heteroatoms. The summed E-state index contributed by atoms with van der Waals surface area (Å²) in [6.07, 6.45) is 7.50. The van der Waals surface area contributed by atoms with Gasteiger partial charge in [0.15, 0.2) is 0 Å². The molecule has 0 N–H and O–H groups in total. The van der Waals surface area contributed by atoms with Crippen molar-refractivity contribution in [3.63, 3.8) is 0 Å². The minimum Gasteiger partial charge on any atom is -0.464 e. The summed E-state index contributed by atoms with van der Waals surface area (Å²) in [6.45, 7) is 5.24. The fourth-order valence-corrected chi connectivity index (χ4v) is 1.88. The molecule has 1 rings (SSSR count). The molecule has 0 saturated carbocycles. The zero-order chi connectivity index (χ0) is 12.8. The van der Waals surface area contributed by atoms with Crippen LogP contribution in [0, 0.1) is 0 Å². The minimum atomic E-state index is -0.565. The third-order valence-electron chi connectivity index (χ3n) is 2.66. The second kappa shape index (κ2) is 6.23. The average molecular weight is 237 g/mol. The van der Waals surface area contributed by atoms with Crippen molar-refractivity contribution < 1.29 is 14.3 Å². The molecule has 1 atom stereocenters. The predicted octanol–water partition coefficient (Wildman–Crippen LogP) is 2.02. The van der Waals surface area contributed by atoms with Crippen molar-refractivity contribution in [3.05, 3.63) is 23.9 Å². The van der Waals surface area contributed by atoms with E-state index in [1.165, 1.54) is 11.8 Å². The lowest BCUT2D eigenvalue weighted by molar-refractivity contribution is -0.152. The van der Waals surface area contributed by atoms with Crippen molar-refractivity contribution in [2.24, 2.45) is 0 Å². The van der Waals surface area contributed by atoms with Gasteiger partial charge in [-0.15, -0.1) is 0 Å². The maximum Gasteiger partial charge on any atom is 0.328 e. The van der Waals surface area contributed by atoms with Gasteiger partial charge in [0.1, 0.15) is 6.04 Å². The molecule has 0 aliphatic heterocycles. The van der Waals surface area contributed by atoms with E-state index in [2.05, 4.69) is 0 Å². The summed E-state index contributed by atoms with van der Waals surface area (Å²) in [4.78, 5) is 24.8. The summed E-state index contributed by atoms with van der Waals surface area (Å²) < 4.78 is 4.95. The van der Waals surface area contributed by atoms with Crippen LogP contribution in [0.2, 0.25) is 0 Å². The second-order valence-corrected chi connectivity index (χ2v) is 3.94. The molecule has 1 amide bonds. The number of hydrogen-bond acceptors (Lipinski definition) is 3. The zero-order valence-corrected chi connectivity index (χ0v) is 10.6. The van der Waals surface area contributed by atoms with E-state index in [-0.39, 0.29) is 11.9 Å². The summed E-state index contributed by atoms with van der Waals surface area (Å²) in [7, 11) is 0. The van der Waals surface area contributed by atoms with E-state index in [4.69, 9.17) is 4.74 Å². The van der Waals surface area contributed by atoms with Crippen molar-refractivity contribution in [3.8, 4) is 0 Å². The summed E-state index contributed by atoms with van der Waals surface area (Å²) in [5, 5.41) is 0. The van der Waals surface area contributed by atoms with Gasteiger partial charge in [-0.05, 0) is 32.8 Å². The molecule has 0 spiro atoms. The topological polar surface area (TPSA) is 46.6 Å². The third kappa shape index (κ3) is 3.44. The number of rotatable bonds is 4. The first-order valence-corrected chi connectivity index (χ1v) is 5.90. The third-order valence-corrected chi connectivity index (χ3v) is 2.66. The monoisotopic (exact) mass is 237 g/mol. The number of nitrogens with zero attached hydrogens (tertiary/aromatic N) is 1. The second-order valence-electron chi connectivity index (χ2n) is 3.94. The summed E-state index contributed by atoms with van der Waals surface area (Å²) in [5.74, 6) is -0.495. The van der Waals surface area contributed by atoms with Gasteiger partial charge in [-0.25, -0.2) is 4.79 Å². The first-order valence-electron chi connectivity index (χ1n) is 5.90. The molecule has 94 valence electrons. The first-order chi connectivity index (χ1) is 8.07. The van der Waals surface area contributed by atoms with E-state index >= 15 is 0 Å². The molecule has 0 radical (unpaired) electrons. The first kappa shape index (κ1) is 13.5. The highest BCUT2D eigenvalue weighted by molar-refractivity contribution is 5.84. The van der Waals surface area contributed by atoms with Crippen LogP contribution in [-0.4, -0.2) is 29.4 Å². The van der Waals surface area contributed by atoms with Gasteiger partial charge in [-0.1, -0.05) is 12.2 Å². The zero-order valence-electron chi connectivity index (χ0n) is 10.6. The van der Waals surface area contributed by atoms with Crippen molar-refractivity contribution in [2.45, 2.75) is 39.7 Å². The van der Waals surface area contributed by atoms with E-state index < -0.39 is 6.04 Å². The highest BCUT2D eigenvalue weighted by Gasteiger charge is 2.27. The summed E-state index contributed by atoms with van der Waals surface area (Å²) in [5.41, 5.74) is 0.876. The number of amides is 1. The molecule has 0 heterocycles. The fraction of sp³-hybridized carbons (Fsp3) is 0.538. The van der Waals surface area contributed by atoms with Crippen LogP contribution in [0.25, 0.3) is 0 Å². The molecule has 0 bridgehead atoms. The lowest BCUT2D eigenvalue weighted by atomic mass is 10.1. The number of ether oxygens (including phenoxy) is 1. The Morgan fingerprint density at radius 3 is 2.71 bits per heavy atom. The van der Waals surface area contributed by atoms with Gasteiger partial charge in [0.25, 0.3) is 0 Å². The Hall–Kier alpha value is -1.58. The van der Waals surface area contributed by atoms with E-state index in [1.807, 2.05) is 18.2 Å². The van der Waals surface area contributed by atoms with Crippen LogP contribution in [-0.2, 0) is 14.3 Å². The highest BCUT2D eigenvalue weighted by atomic mass is 16.5. The molecule has 0 aromatic rings. The largest absolute Gasteiger partial charge is 0.464 e. The number of carbonyl (C=O) groups excluding carboxylic acids is 2. The van der Waals surface area contributed by atoms with Gasteiger partial charge < -0.3 is 9.64 Å². The predicted molar refractivity (Wildman–Crippen MR) is 65.1 cm³/mol. The Morgan fingerprint density at radius 1 is 1.53 bits per heavy atom. The lowest BCUT2D eigenvalue weighted by Crippen LogP contribution is -2.42. The van der Waals surface area contributed by atoms with Crippen LogP contribution in [0.1, 0.15) is 33.6 Å². The van der Waals surface area contributed by atoms with E-state index in [1.54, 1.807) is 13.8 Å². The smallest absolute Gasteiger partial charge is 0.328 e. The summed E-state index contributed by atoms with van der Waals surface area (Å²) >= 11 is 0. The van der Waals surface area contributed by atoms with Crippen molar-refractivity contribution in [2.75, 3.05) is 6.61 Å². The summed E-state index contributed by atoms with van der Waals surface area (Å²) in [6, 6.07) is -0.565. The Labute approximate surface area is 102 Å². The average Bonchev–Trinajstić information content (AvgIpc) is 2.30. The van der Waals surface area contributed by atoms with E-state index in [0.29, 0.717) is 6.61 Å². The molecular formula is C13H19NO3. The fourth-order valence-electron chi connectivity index (χ4n) is 1.88. The van der Waals surface area contributed by atoms with Crippen molar-refractivity contribution in [1.82, 2.24) is 4.90 Å². The minimum absolute atomic E-state index is 0.132. The number of carbonyl (C=O) groups is 2. The van der Waals surface area contributed by atoms with Crippen LogP contribution in [0.5, 0.6) is 0 Å². The van der Waals surface area contributed by atoms with Crippen LogP contribution >= 0.6 is 0 Å². The molecule has 1 aliphatic carbocycles. The van der Waals surface area contributed by atoms with Crippen molar-refractivity contribution >= 4 is 11.9 Å². The van der Waals surface area contributed by atoms with Crippen LogP contribution < -0.4 is 0 Å². The maximum atomic E-state index is 11.7. The van der Waals surface area contributed by atoms with Gasteiger partial charge >= 0.3 is 5.97 Å². The molecule has 1 aliphatic rings. The molecule has 17 heavy (non-hydrogen) atoms. The standard InChI is InChI=1S/C13H19NO3/c1-4-17-13(16)10(2)14(11(3)15)12-8-6-5-7-9-12/h5-6,8,10H,4,7,9H2,1-3H3/t10-/m0/s1. The quantitative estimate of drug-likeness (QED) is 0.703.